The first-order valence-electron chi connectivity index (χ1n) is 8.09. The molecule has 6 heteroatoms. The second-order valence-corrected chi connectivity index (χ2v) is 5.81. The SMILES string of the molecule is CCOC(=O)[C@@H]1CCCN(C(=S)Nc2ccc(OCC)cc2)C1. The van der Waals surface area contributed by atoms with Crippen molar-refractivity contribution >= 4 is 29.0 Å². The molecule has 5 nitrogen and oxygen atoms in total. The number of esters is 1. The number of ether oxygens (including phenoxy) is 2. The minimum atomic E-state index is -0.124. The minimum absolute atomic E-state index is 0.0937. The number of benzene rings is 1. The third kappa shape index (κ3) is 5.10. The van der Waals surface area contributed by atoms with Crippen LogP contribution in [0.1, 0.15) is 26.7 Å². The summed E-state index contributed by atoms with van der Waals surface area (Å²) >= 11 is 5.48. The second kappa shape index (κ2) is 8.72. The molecule has 0 saturated carbocycles. The molecule has 1 aromatic carbocycles. The molecule has 0 spiro atoms. The number of hydrogen-bond donors (Lipinski definition) is 1. The molecule has 1 heterocycles. The highest BCUT2D eigenvalue weighted by molar-refractivity contribution is 7.80. The van der Waals surface area contributed by atoms with Crippen molar-refractivity contribution in [3.05, 3.63) is 24.3 Å². The summed E-state index contributed by atoms with van der Waals surface area (Å²) in [6, 6.07) is 7.69. The van der Waals surface area contributed by atoms with E-state index in [2.05, 4.69) is 5.32 Å². The van der Waals surface area contributed by atoms with Crippen LogP contribution in [-0.4, -0.2) is 42.3 Å². The normalized spacial score (nSPS) is 17.5. The van der Waals surface area contributed by atoms with Gasteiger partial charge in [-0.05, 0) is 63.2 Å². The monoisotopic (exact) mass is 336 g/mol. The Morgan fingerprint density at radius 3 is 2.70 bits per heavy atom. The molecular weight excluding hydrogens is 312 g/mol. The molecule has 1 aromatic rings. The van der Waals surface area contributed by atoms with Gasteiger partial charge in [0.25, 0.3) is 0 Å². The lowest BCUT2D eigenvalue weighted by Gasteiger charge is -2.33. The van der Waals surface area contributed by atoms with Crippen molar-refractivity contribution < 1.29 is 14.3 Å². The number of anilines is 1. The van der Waals surface area contributed by atoms with Crippen LogP contribution in [-0.2, 0) is 9.53 Å². The number of nitrogens with zero attached hydrogens (tertiary/aromatic N) is 1. The Morgan fingerprint density at radius 1 is 1.30 bits per heavy atom. The first-order valence-corrected chi connectivity index (χ1v) is 8.50. The Morgan fingerprint density at radius 2 is 2.04 bits per heavy atom. The Kier molecular flexibility index (Phi) is 6.65. The van der Waals surface area contributed by atoms with Crippen LogP contribution in [0, 0.1) is 5.92 Å². The predicted molar refractivity (Wildman–Crippen MR) is 94.8 cm³/mol. The first-order chi connectivity index (χ1) is 11.1. The van der Waals surface area contributed by atoms with Gasteiger partial charge in [0, 0.05) is 18.8 Å². The van der Waals surface area contributed by atoms with Crippen molar-refractivity contribution in [1.82, 2.24) is 4.90 Å². The van der Waals surface area contributed by atoms with E-state index in [4.69, 9.17) is 21.7 Å². The topological polar surface area (TPSA) is 50.8 Å². The average molecular weight is 336 g/mol. The van der Waals surface area contributed by atoms with Crippen molar-refractivity contribution in [3.8, 4) is 5.75 Å². The highest BCUT2D eigenvalue weighted by atomic mass is 32.1. The summed E-state index contributed by atoms with van der Waals surface area (Å²) < 4.78 is 10.5. The second-order valence-electron chi connectivity index (χ2n) is 5.42. The molecule has 1 aliphatic heterocycles. The fourth-order valence-electron chi connectivity index (χ4n) is 2.62. The molecule has 0 aromatic heterocycles. The molecule has 0 bridgehead atoms. The van der Waals surface area contributed by atoms with Crippen molar-refractivity contribution in [3.63, 3.8) is 0 Å². The van der Waals surface area contributed by atoms with E-state index in [-0.39, 0.29) is 11.9 Å². The van der Waals surface area contributed by atoms with E-state index in [1.807, 2.05) is 43.0 Å². The van der Waals surface area contributed by atoms with Gasteiger partial charge in [-0.1, -0.05) is 0 Å². The summed E-state index contributed by atoms with van der Waals surface area (Å²) in [7, 11) is 0. The van der Waals surface area contributed by atoms with Crippen LogP contribution < -0.4 is 10.1 Å². The summed E-state index contributed by atoms with van der Waals surface area (Å²) in [6.07, 6.45) is 1.80. The lowest BCUT2D eigenvalue weighted by molar-refractivity contribution is -0.149. The van der Waals surface area contributed by atoms with Crippen LogP contribution in [0.3, 0.4) is 0 Å². The predicted octanol–water partition coefficient (Wildman–Crippen LogP) is 3.06. The van der Waals surface area contributed by atoms with Crippen molar-refractivity contribution in [2.75, 3.05) is 31.6 Å². The molecule has 1 aliphatic rings. The highest BCUT2D eigenvalue weighted by Crippen LogP contribution is 2.20. The van der Waals surface area contributed by atoms with Gasteiger partial charge in [0.05, 0.1) is 19.1 Å². The van der Waals surface area contributed by atoms with E-state index < -0.39 is 0 Å². The number of hydrogen-bond acceptors (Lipinski definition) is 4. The van der Waals surface area contributed by atoms with Gasteiger partial charge in [-0.15, -0.1) is 0 Å². The summed E-state index contributed by atoms with van der Waals surface area (Å²) in [6.45, 7) is 6.33. The average Bonchev–Trinajstić information content (AvgIpc) is 2.57. The number of carbonyl (C=O) groups excluding carboxylic acids is 1. The lowest BCUT2D eigenvalue weighted by Crippen LogP contribution is -2.44. The molecule has 23 heavy (non-hydrogen) atoms. The summed E-state index contributed by atoms with van der Waals surface area (Å²) in [5.41, 5.74) is 0.914. The number of thiocarbonyl (C=S) groups is 1. The van der Waals surface area contributed by atoms with Crippen molar-refractivity contribution in [2.24, 2.45) is 5.92 Å². The van der Waals surface area contributed by atoms with Crippen LogP contribution in [0.4, 0.5) is 5.69 Å². The molecule has 1 N–H and O–H groups in total. The Labute approximate surface area is 142 Å². The molecule has 1 fully saturated rings. The van der Waals surface area contributed by atoms with E-state index in [0.29, 0.717) is 24.9 Å². The van der Waals surface area contributed by atoms with E-state index in [9.17, 15) is 4.79 Å². The van der Waals surface area contributed by atoms with E-state index in [0.717, 1.165) is 30.8 Å². The molecule has 1 saturated heterocycles. The maximum atomic E-state index is 11.9. The van der Waals surface area contributed by atoms with E-state index >= 15 is 0 Å². The van der Waals surface area contributed by atoms with Gasteiger partial charge in [0.1, 0.15) is 5.75 Å². The maximum absolute atomic E-state index is 11.9. The molecule has 0 amide bonds. The molecule has 0 aliphatic carbocycles. The van der Waals surface area contributed by atoms with Crippen LogP contribution >= 0.6 is 12.2 Å². The van der Waals surface area contributed by atoms with Gasteiger partial charge in [-0.3, -0.25) is 4.79 Å². The molecule has 2 rings (SSSR count). The summed E-state index contributed by atoms with van der Waals surface area (Å²) in [5, 5.41) is 3.86. The fourth-order valence-corrected chi connectivity index (χ4v) is 2.90. The minimum Gasteiger partial charge on any atom is -0.494 e. The lowest BCUT2D eigenvalue weighted by atomic mass is 9.98. The number of rotatable bonds is 5. The number of likely N-dealkylation sites (tertiary alicyclic amines) is 1. The third-order valence-corrected chi connectivity index (χ3v) is 4.11. The zero-order valence-electron chi connectivity index (χ0n) is 13.7. The largest absolute Gasteiger partial charge is 0.494 e. The Bertz CT molecular complexity index is 533. The zero-order chi connectivity index (χ0) is 16.7. The smallest absolute Gasteiger partial charge is 0.310 e. The van der Waals surface area contributed by atoms with Crippen LogP contribution in [0.25, 0.3) is 0 Å². The van der Waals surface area contributed by atoms with Gasteiger partial charge in [-0.25, -0.2) is 0 Å². The van der Waals surface area contributed by atoms with Gasteiger partial charge in [0.15, 0.2) is 5.11 Å². The van der Waals surface area contributed by atoms with Crippen LogP contribution in [0.15, 0.2) is 24.3 Å². The highest BCUT2D eigenvalue weighted by Gasteiger charge is 2.28. The maximum Gasteiger partial charge on any atom is 0.310 e. The molecule has 1 atom stereocenters. The van der Waals surface area contributed by atoms with Gasteiger partial charge in [0.2, 0.25) is 0 Å². The van der Waals surface area contributed by atoms with E-state index in [1.165, 1.54) is 0 Å². The molecule has 0 unspecified atom stereocenters. The first kappa shape index (κ1) is 17.5. The molecule has 126 valence electrons. The number of piperidine rings is 1. The Balaban J connectivity index is 1.90. The fraction of sp³-hybridized carbons (Fsp3) is 0.529. The van der Waals surface area contributed by atoms with Gasteiger partial charge < -0.3 is 19.7 Å². The zero-order valence-corrected chi connectivity index (χ0v) is 14.5. The van der Waals surface area contributed by atoms with E-state index in [1.54, 1.807) is 0 Å². The standard InChI is InChI=1S/C17H24N2O3S/c1-3-21-15-9-7-14(8-10-15)18-17(23)19-11-5-6-13(12-19)16(20)22-4-2/h7-10,13H,3-6,11-12H2,1-2H3,(H,18,23)/t13-/m1/s1. The Hall–Kier alpha value is -1.82. The van der Waals surface area contributed by atoms with Gasteiger partial charge >= 0.3 is 5.97 Å². The molecular formula is C17H24N2O3S. The number of nitrogens with one attached hydrogen (secondary N) is 1. The van der Waals surface area contributed by atoms with Crippen molar-refractivity contribution in [1.29, 1.82) is 0 Å². The van der Waals surface area contributed by atoms with Crippen molar-refractivity contribution in [2.45, 2.75) is 26.7 Å². The van der Waals surface area contributed by atoms with Crippen LogP contribution in [0.5, 0.6) is 5.75 Å². The third-order valence-electron chi connectivity index (χ3n) is 3.75. The molecule has 0 radical (unpaired) electrons. The summed E-state index contributed by atoms with van der Waals surface area (Å²) in [4.78, 5) is 13.9. The summed E-state index contributed by atoms with van der Waals surface area (Å²) in [5.74, 6) is 0.620. The van der Waals surface area contributed by atoms with Gasteiger partial charge in [-0.2, -0.15) is 0 Å². The van der Waals surface area contributed by atoms with Crippen LogP contribution in [0.2, 0.25) is 0 Å². The quantitative estimate of drug-likeness (QED) is 0.659. The number of carbonyl (C=O) groups is 1.